The molecule has 0 amide bonds. The van der Waals surface area contributed by atoms with Crippen LogP contribution in [-0.4, -0.2) is 15.2 Å². The highest BCUT2D eigenvalue weighted by atomic mass is 79.9. The Balaban J connectivity index is 0.00000169. The number of nitrogens with zero attached hydrogens (tertiary/aromatic N) is 2. The van der Waals surface area contributed by atoms with Crippen molar-refractivity contribution in [2.24, 2.45) is 0 Å². The van der Waals surface area contributed by atoms with Crippen LogP contribution in [-0.2, 0) is 13.1 Å². The third kappa shape index (κ3) is 5.51. The van der Waals surface area contributed by atoms with E-state index in [-0.39, 0.29) is 17.0 Å². The van der Waals surface area contributed by atoms with Crippen LogP contribution in [0.25, 0.3) is 0 Å². The van der Waals surface area contributed by atoms with E-state index < -0.39 is 0 Å². The SMILES string of the molecule is BrCCCn1cc[n+](CCCBr)c1.[Br-]. The fraction of sp³-hybridized carbons (Fsp3) is 0.667. The van der Waals surface area contributed by atoms with Gasteiger partial charge < -0.3 is 17.0 Å². The molecule has 1 aromatic rings. The molecule has 14 heavy (non-hydrogen) atoms. The van der Waals surface area contributed by atoms with Gasteiger partial charge in [0, 0.05) is 10.7 Å². The first kappa shape index (κ1) is 14.6. The number of rotatable bonds is 6. The average molecular weight is 391 g/mol. The number of aromatic nitrogens is 2. The van der Waals surface area contributed by atoms with Crippen LogP contribution in [0.1, 0.15) is 12.8 Å². The summed E-state index contributed by atoms with van der Waals surface area (Å²) in [6.07, 6.45) is 8.82. The van der Waals surface area contributed by atoms with E-state index in [4.69, 9.17) is 0 Å². The van der Waals surface area contributed by atoms with E-state index in [9.17, 15) is 0 Å². The molecule has 0 fully saturated rings. The summed E-state index contributed by atoms with van der Waals surface area (Å²) in [5.74, 6) is 0. The summed E-state index contributed by atoms with van der Waals surface area (Å²) >= 11 is 6.86. The molecule has 0 unspecified atom stereocenters. The van der Waals surface area contributed by atoms with Gasteiger partial charge in [-0.2, -0.15) is 0 Å². The van der Waals surface area contributed by atoms with Gasteiger partial charge in [0.2, 0.25) is 6.33 Å². The maximum absolute atomic E-state index is 3.43. The van der Waals surface area contributed by atoms with Crippen LogP contribution in [0, 0.1) is 0 Å². The maximum Gasteiger partial charge on any atom is 0.243 e. The predicted octanol–water partition coefficient (Wildman–Crippen LogP) is -0.650. The fourth-order valence-corrected chi connectivity index (χ4v) is 1.69. The smallest absolute Gasteiger partial charge is 0.243 e. The fourth-order valence-electron chi connectivity index (χ4n) is 1.19. The lowest BCUT2D eigenvalue weighted by Gasteiger charge is -1.93. The van der Waals surface area contributed by atoms with Crippen molar-refractivity contribution in [1.82, 2.24) is 4.57 Å². The van der Waals surface area contributed by atoms with Crippen molar-refractivity contribution < 1.29 is 21.5 Å². The molecule has 0 aliphatic rings. The minimum atomic E-state index is 0. The van der Waals surface area contributed by atoms with E-state index in [1.165, 1.54) is 12.8 Å². The Hall–Kier alpha value is 0.650. The van der Waals surface area contributed by atoms with Crippen LogP contribution in [0.5, 0.6) is 0 Å². The van der Waals surface area contributed by atoms with Crippen molar-refractivity contribution >= 4 is 31.9 Å². The van der Waals surface area contributed by atoms with Gasteiger partial charge >= 0.3 is 0 Å². The van der Waals surface area contributed by atoms with Crippen LogP contribution in [0.3, 0.4) is 0 Å². The molecule has 0 N–H and O–H groups in total. The van der Waals surface area contributed by atoms with Gasteiger partial charge in [-0.3, -0.25) is 0 Å². The van der Waals surface area contributed by atoms with Crippen LogP contribution < -0.4 is 21.5 Å². The number of hydrogen-bond acceptors (Lipinski definition) is 0. The third-order valence-electron chi connectivity index (χ3n) is 1.85. The normalized spacial score (nSPS) is 9.86. The molecule has 0 radical (unpaired) electrons. The number of aryl methyl sites for hydroxylation is 2. The number of alkyl halides is 2. The largest absolute Gasteiger partial charge is 1.00 e. The Morgan fingerprint density at radius 1 is 1.14 bits per heavy atom. The predicted molar refractivity (Wildman–Crippen MR) is 61.4 cm³/mol. The van der Waals surface area contributed by atoms with Crippen molar-refractivity contribution in [3.05, 3.63) is 18.7 Å². The molecule has 0 aromatic carbocycles. The summed E-state index contributed by atoms with van der Waals surface area (Å²) in [6, 6.07) is 0. The summed E-state index contributed by atoms with van der Waals surface area (Å²) in [7, 11) is 0. The molecule has 0 atom stereocenters. The first-order chi connectivity index (χ1) is 6.36. The molecule has 2 nitrogen and oxygen atoms in total. The Morgan fingerprint density at radius 3 is 2.50 bits per heavy atom. The molecule has 0 aliphatic heterocycles. The summed E-state index contributed by atoms with van der Waals surface area (Å²) in [6.45, 7) is 2.21. The van der Waals surface area contributed by atoms with Crippen LogP contribution in [0.4, 0.5) is 0 Å². The summed E-state index contributed by atoms with van der Waals surface area (Å²) in [5, 5.41) is 2.15. The quantitative estimate of drug-likeness (QED) is 0.451. The molecule has 1 heterocycles. The number of hydrogen-bond donors (Lipinski definition) is 0. The molecule has 0 bridgehead atoms. The topological polar surface area (TPSA) is 8.81 Å². The second kappa shape index (κ2) is 8.92. The van der Waals surface area contributed by atoms with Crippen molar-refractivity contribution in [1.29, 1.82) is 0 Å². The molecule has 0 saturated heterocycles. The first-order valence-corrected chi connectivity index (χ1v) is 6.78. The van der Waals surface area contributed by atoms with Crippen LogP contribution >= 0.6 is 31.9 Å². The highest BCUT2D eigenvalue weighted by Crippen LogP contribution is 1.94. The minimum absolute atomic E-state index is 0. The van der Waals surface area contributed by atoms with E-state index in [1.54, 1.807) is 0 Å². The van der Waals surface area contributed by atoms with E-state index in [0.29, 0.717) is 0 Å². The lowest BCUT2D eigenvalue weighted by molar-refractivity contribution is -0.696. The van der Waals surface area contributed by atoms with Gasteiger partial charge in [-0.25, -0.2) is 9.13 Å². The van der Waals surface area contributed by atoms with E-state index in [0.717, 1.165) is 23.7 Å². The zero-order valence-electron chi connectivity index (χ0n) is 8.00. The van der Waals surface area contributed by atoms with Crippen molar-refractivity contribution in [2.75, 3.05) is 10.7 Å². The van der Waals surface area contributed by atoms with E-state index in [2.05, 4.69) is 59.7 Å². The summed E-state index contributed by atoms with van der Waals surface area (Å²) in [4.78, 5) is 0. The van der Waals surface area contributed by atoms with Gasteiger partial charge in [-0.05, 0) is 12.8 Å². The monoisotopic (exact) mass is 388 g/mol. The molecule has 1 rings (SSSR count). The van der Waals surface area contributed by atoms with Crippen LogP contribution in [0.2, 0.25) is 0 Å². The zero-order valence-corrected chi connectivity index (χ0v) is 12.8. The van der Waals surface area contributed by atoms with Gasteiger partial charge in [0.15, 0.2) is 0 Å². The van der Waals surface area contributed by atoms with E-state index >= 15 is 0 Å². The van der Waals surface area contributed by atoms with Gasteiger partial charge in [-0.15, -0.1) is 0 Å². The van der Waals surface area contributed by atoms with Gasteiger partial charge in [0.25, 0.3) is 0 Å². The maximum atomic E-state index is 3.43. The molecule has 0 spiro atoms. The average Bonchev–Trinajstić information content (AvgIpc) is 2.59. The lowest BCUT2D eigenvalue weighted by atomic mass is 10.5. The molecular weight excluding hydrogens is 376 g/mol. The van der Waals surface area contributed by atoms with Crippen molar-refractivity contribution in [3.8, 4) is 0 Å². The molecule has 1 aromatic heterocycles. The van der Waals surface area contributed by atoms with Gasteiger partial charge in [0.05, 0.1) is 13.1 Å². The standard InChI is InChI=1S/C9H15Br2N2.BrH/c10-3-1-5-12-7-8-13(9-12)6-2-4-11;/h7-9H,1-6H2;1H/q+1;/p-1. The second-order valence-electron chi connectivity index (χ2n) is 2.97. The molecule has 82 valence electrons. The zero-order chi connectivity index (χ0) is 9.52. The van der Waals surface area contributed by atoms with Gasteiger partial charge in [0.1, 0.15) is 12.4 Å². The summed E-state index contributed by atoms with van der Waals surface area (Å²) in [5.41, 5.74) is 0. The Kier molecular flexibility index (Phi) is 9.33. The third-order valence-corrected chi connectivity index (χ3v) is 2.97. The van der Waals surface area contributed by atoms with E-state index in [1.807, 2.05) is 0 Å². The van der Waals surface area contributed by atoms with Gasteiger partial charge in [-0.1, -0.05) is 31.9 Å². The number of halogens is 3. The number of imidazole rings is 1. The Bertz CT molecular complexity index is 215. The first-order valence-electron chi connectivity index (χ1n) is 4.53. The molecular formula is C9H15Br3N2. The second-order valence-corrected chi connectivity index (χ2v) is 4.56. The van der Waals surface area contributed by atoms with Crippen molar-refractivity contribution in [3.63, 3.8) is 0 Å². The van der Waals surface area contributed by atoms with Crippen LogP contribution in [0.15, 0.2) is 18.7 Å². The Morgan fingerprint density at radius 2 is 1.86 bits per heavy atom. The minimum Gasteiger partial charge on any atom is -1.00 e. The Labute approximate surface area is 113 Å². The van der Waals surface area contributed by atoms with Crippen molar-refractivity contribution in [2.45, 2.75) is 25.9 Å². The summed E-state index contributed by atoms with van der Waals surface area (Å²) < 4.78 is 4.46. The lowest BCUT2D eigenvalue weighted by Crippen LogP contribution is -3.00. The highest BCUT2D eigenvalue weighted by molar-refractivity contribution is 9.09. The highest BCUT2D eigenvalue weighted by Gasteiger charge is 2.01. The molecule has 5 heteroatoms. The molecule has 0 saturated carbocycles. The molecule has 0 aliphatic carbocycles.